The Kier molecular flexibility index (Phi) is 4.79. The highest BCUT2D eigenvalue weighted by molar-refractivity contribution is 5.97. The molecule has 5 rings (SSSR count). The van der Waals surface area contributed by atoms with Crippen LogP contribution in [0.5, 0.6) is 5.75 Å². The van der Waals surface area contributed by atoms with Gasteiger partial charge in [0, 0.05) is 48.4 Å². The number of hydrogen-bond acceptors (Lipinski definition) is 4. The van der Waals surface area contributed by atoms with E-state index in [9.17, 15) is 0 Å². The van der Waals surface area contributed by atoms with Gasteiger partial charge in [0.05, 0.1) is 18.1 Å². The quantitative estimate of drug-likeness (QED) is 0.389. The van der Waals surface area contributed by atoms with Crippen LogP contribution in [0.4, 0.5) is 5.69 Å². The van der Waals surface area contributed by atoms with Gasteiger partial charge in [0.2, 0.25) is 0 Å². The molecule has 0 aliphatic carbocycles. The first-order valence-corrected chi connectivity index (χ1v) is 10.3. The lowest BCUT2D eigenvalue weighted by molar-refractivity contribution is 0.414. The summed E-state index contributed by atoms with van der Waals surface area (Å²) in [6, 6.07) is 21.1. The summed E-state index contributed by atoms with van der Waals surface area (Å²) in [5.74, 6) is 0.854. The summed E-state index contributed by atoms with van der Waals surface area (Å²) in [7, 11) is 3.76. The highest BCUT2D eigenvalue weighted by atomic mass is 16.5. The highest BCUT2D eigenvalue weighted by Gasteiger charge is 2.13. The van der Waals surface area contributed by atoms with Crippen molar-refractivity contribution < 1.29 is 4.74 Å². The third kappa shape index (κ3) is 3.59. The summed E-state index contributed by atoms with van der Waals surface area (Å²) in [5, 5.41) is 4.85. The average molecular weight is 409 g/mol. The SMILES string of the molecule is COc1cccc([C@@H](C)Nc2cc(-c3ccc4ccn(C)c4c3)c3nccnc3c2)c1. The predicted octanol–water partition coefficient (Wildman–Crippen LogP) is 5.97. The number of aryl methyl sites for hydroxylation is 1. The molecule has 5 aromatic rings. The number of anilines is 1. The minimum atomic E-state index is 0.104. The first kappa shape index (κ1) is 19.1. The van der Waals surface area contributed by atoms with Gasteiger partial charge in [0.15, 0.2) is 0 Å². The first-order valence-electron chi connectivity index (χ1n) is 10.3. The molecule has 0 bridgehead atoms. The fourth-order valence-electron chi connectivity index (χ4n) is 4.05. The Hall–Kier alpha value is -3.86. The molecule has 0 fully saturated rings. The summed E-state index contributed by atoms with van der Waals surface area (Å²) < 4.78 is 7.52. The van der Waals surface area contributed by atoms with Crippen LogP contribution in [0.1, 0.15) is 18.5 Å². The molecule has 5 nitrogen and oxygen atoms in total. The summed E-state index contributed by atoms with van der Waals surface area (Å²) in [5.41, 5.74) is 7.31. The number of nitrogens with zero attached hydrogens (tertiary/aromatic N) is 3. The maximum absolute atomic E-state index is 5.38. The summed E-state index contributed by atoms with van der Waals surface area (Å²) in [6.07, 6.45) is 5.57. The lowest BCUT2D eigenvalue weighted by Gasteiger charge is -2.18. The van der Waals surface area contributed by atoms with Gasteiger partial charge in [-0.2, -0.15) is 0 Å². The number of ether oxygens (including phenoxy) is 1. The maximum Gasteiger partial charge on any atom is 0.119 e. The van der Waals surface area contributed by atoms with Gasteiger partial charge in [0.25, 0.3) is 0 Å². The first-order chi connectivity index (χ1) is 15.1. The largest absolute Gasteiger partial charge is 0.497 e. The monoisotopic (exact) mass is 408 g/mol. The molecule has 0 spiro atoms. The van der Waals surface area contributed by atoms with E-state index in [1.807, 2.05) is 12.1 Å². The van der Waals surface area contributed by atoms with Gasteiger partial charge in [-0.3, -0.25) is 9.97 Å². The second-order valence-electron chi connectivity index (χ2n) is 7.79. The van der Waals surface area contributed by atoms with Gasteiger partial charge in [-0.25, -0.2) is 0 Å². The highest BCUT2D eigenvalue weighted by Crippen LogP contribution is 2.33. The van der Waals surface area contributed by atoms with Gasteiger partial charge in [0.1, 0.15) is 5.75 Å². The minimum Gasteiger partial charge on any atom is -0.497 e. The van der Waals surface area contributed by atoms with Gasteiger partial charge < -0.3 is 14.6 Å². The van der Waals surface area contributed by atoms with Crippen LogP contribution in [-0.2, 0) is 7.05 Å². The van der Waals surface area contributed by atoms with E-state index < -0.39 is 0 Å². The van der Waals surface area contributed by atoms with Crippen LogP contribution in [0.15, 0.2) is 79.3 Å². The van der Waals surface area contributed by atoms with Crippen molar-refractivity contribution in [3.05, 3.63) is 84.8 Å². The van der Waals surface area contributed by atoms with Crippen LogP contribution in [0.25, 0.3) is 33.1 Å². The van der Waals surface area contributed by atoms with Crippen molar-refractivity contribution in [3.63, 3.8) is 0 Å². The molecule has 2 aromatic heterocycles. The molecule has 1 N–H and O–H groups in total. The van der Waals surface area contributed by atoms with Crippen molar-refractivity contribution in [2.45, 2.75) is 13.0 Å². The Bertz CT molecular complexity index is 1390. The standard InChI is InChI=1S/C26H24N4O/c1-17(19-5-4-6-22(13-19)31-3)29-21-15-23(26-24(16-21)27-10-11-28-26)20-8-7-18-9-12-30(2)25(18)14-20/h4-17,29H,1-3H3/t17-/m1/s1. The molecule has 3 aromatic carbocycles. The zero-order valence-electron chi connectivity index (χ0n) is 17.8. The molecule has 0 saturated carbocycles. The van der Waals surface area contributed by atoms with E-state index in [1.54, 1.807) is 19.5 Å². The van der Waals surface area contributed by atoms with E-state index in [2.05, 4.69) is 88.6 Å². The zero-order chi connectivity index (χ0) is 21.4. The Morgan fingerprint density at radius 3 is 2.71 bits per heavy atom. The molecule has 0 amide bonds. The molecule has 31 heavy (non-hydrogen) atoms. The van der Waals surface area contributed by atoms with E-state index in [-0.39, 0.29) is 6.04 Å². The molecule has 0 aliphatic rings. The zero-order valence-corrected chi connectivity index (χ0v) is 17.8. The van der Waals surface area contributed by atoms with Crippen molar-refractivity contribution in [3.8, 4) is 16.9 Å². The molecule has 0 saturated heterocycles. The van der Waals surface area contributed by atoms with Crippen molar-refractivity contribution in [1.29, 1.82) is 0 Å². The Morgan fingerprint density at radius 1 is 0.968 bits per heavy atom. The molecular formula is C26H24N4O. The van der Waals surface area contributed by atoms with Crippen molar-refractivity contribution in [2.75, 3.05) is 12.4 Å². The van der Waals surface area contributed by atoms with Gasteiger partial charge in [-0.05, 0) is 59.8 Å². The summed E-state index contributed by atoms with van der Waals surface area (Å²) in [6.45, 7) is 2.14. The lowest BCUT2D eigenvalue weighted by Crippen LogP contribution is -2.07. The van der Waals surface area contributed by atoms with Crippen LogP contribution in [0.3, 0.4) is 0 Å². The molecule has 5 heteroatoms. The molecule has 154 valence electrons. The van der Waals surface area contributed by atoms with Gasteiger partial charge in [-0.1, -0.05) is 24.3 Å². The topological polar surface area (TPSA) is 52.0 Å². The van der Waals surface area contributed by atoms with E-state index >= 15 is 0 Å². The van der Waals surface area contributed by atoms with Crippen molar-refractivity contribution in [2.24, 2.45) is 7.05 Å². The molecule has 0 unspecified atom stereocenters. The second-order valence-corrected chi connectivity index (χ2v) is 7.79. The van der Waals surface area contributed by atoms with Crippen LogP contribution in [0, 0.1) is 0 Å². The van der Waals surface area contributed by atoms with E-state index in [1.165, 1.54) is 10.9 Å². The Morgan fingerprint density at radius 2 is 1.84 bits per heavy atom. The summed E-state index contributed by atoms with van der Waals surface area (Å²) in [4.78, 5) is 9.21. The van der Waals surface area contributed by atoms with Crippen molar-refractivity contribution in [1.82, 2.24) is 14.5 Å². The lowest BCUT2D eigenvalue weighted by atomic mass is 10.0. The molecule has 1 atom stereocenters. The fraction of sp³-hybridized carbons (Fsp3) is 0.154. The third-order valence-electron chi connectivity index (χ3n) is 5.75. The number of rotatable bonds is 5. The number of nitrogens with one attached hydrogen (secondary N) is 1. The third-order valence-corrected chi connectivity index (χ3v) is 5.75. The second kappa shape index (κ2) is 7.76. The van der Waals surface area contributed by atoms with E-state index in [0.717, 1.165) is 39.2 Å². The molecule has 0 aliphatic heterocycles. The van der Waals surface area contributed by atoms with E-state index in [4.69, 9.17) is 4.74 Å². The van der Waals surface area contributed by atoms with Crippen molar-refractivity contribution >= 4 is 27.6 Å². The van der Waals surface area contributed by atoms with Crippen LogP contribution in [0.2, 0.25) is 0 Å². The smallest absolute Gasteiger partial charge is 0.119 e. The number of methoxy groups -OCH3 is 1. The number of aromatic nitrogens is 3. The van der Waals surface area contributed by atoms with Crippen LogP contribution >= 0.6 is 0 Å². The van der Waals surface area contributed by atoms with Gasteiger partial charge in [-0.15, -0.1) is 0 Å². The number of benzene rings is 3. The Labute approximate surface area is 181 Å². The predicted molar refractivity (Wildman–Crippen MR) is 126 cm³/mol. The fourth-order valence-corrected chi connectivity index (χ4v) is 4.05. The number of hydrogen-bond donors (Lipinski definition) is 1. The number of fused-ring (bicyclic) bond motifs is 2. The molecule has 0 radical (unpaired) electrons. The maximum atomic E-state index is 5.38. The van der Waals surface area contributed by atoms with Gasteiger partial charge >= 0.3 is 0 Å². The normalized spacial score (nSPS) is 12.2. The average Bonchev–Trinajstić information content (AvgIpc) is 3.18. The van der Waals surface area contributed by atoms with Crippen LogP contribution in [-0.4, -0.2) is 21.6 Å². The molecule has 2 heterocycles. The van der Waals surface area contributed by atoms with E-state index in [0.29, 0.717) is 0 Å². The minimum absolute atomic E-state index is 0.104. The summed E-state index contributed by atoms with van der Waals surface area (Å²) >= 11 is 0. The van der Waals surface area contributed by atoms with Crippen LogP contribution < -0.4 is 10.1 Å². The molecular weight excluding hydrogens is 384 g/mol. The Balaban J connectivity index is 1.59.